The summed E-state index contributed by atoms with van der Waals surface area (Å²) in [6.45, 7) is 4.24. The third-order valence-corrected chi connectivity index (χ3v) is 5.77. The number of methoxy groups -OCH3 is 1. The van der Waals surface area contributed by atoms with Crippen LogP contribution in [0.25, 0.3) is 0 Å². The summed E-state index contributed by atoms with van der Waals surface area (Å²) in [4.78, 5) is 26.0. The molecule has 0 saturated carbocycles. The minimum Gasteiger partial charge on any atom is -0.497 e. The maximum absolute atomic E-state index is 13.0. The van der Waals surface area contributed by atoms with Crippen molar-refractivity contribution < 1.29 is 14.3 Å². The molecule has 1 fully saturated rings. The molecule has 2 aliphatic rings. The van der Waals surface area contributed by atoms with E-state index in [0.717, 1.165) is 25.1 Å². The number of aromatic nitrogens is 2. The number of carbonyl (C=O) groups is 2. The van der Waals surface area contributed by atoms with Gasteiger partial charge in [0.15, 0.2) is 0 Å². The van der Waals surface area contributed by atoms with Crippen LogP contribution in [0.5, 0.6) is 5.75 Å². The smallest absolute Gasteiger partial charge is 0.254 e. The highest BCUT2D eigenvalue weighted by atomic mass is 16.5. The zero-order valence-corrected chi connectivity index (χ0v) is 16.4. The Labute approximate surface area is 164 Å². The van der Waals surface area contributed by atoms with E-state index in [4.69, 9.17) is 9.84 Å². The largest absolute Gasteiger partial charge is 0.497 e. The van der Waals surface area contributed by atoms with E-state index in [2.05, 4.69) is 11.5 Å². The summed E-state index contributed by atoms with van der Waals surface area (Å²) in [5.41, 5.74) is 3.07. The van der Waals surface area contributed by atoms with Crippen molar-refractivity contribution in [2.24, 2.45) is 5.92 Å². The van der Waals surface area contributed by atoms with E-state index in [1.807, 2.05) is 27.8 Å². The molecule has 148 valence electrons. The molecule has 2 amide bonds. The lowest BCUT2D eigenvalue weighted by Crippen LogP contribution is -2.28. The number of amides is 2. The number of rotatable bonds is 5. The van der Waals surface area contributed by atoms with Crippen molar-refractivity contribution in [2.75, 3.05) is 26.7 Å². The van der Waals surface area contributed by atoms with Gasteiger partial charge in [-0.1, -0.05) is 6.07 Å². The average molecular weight is 382 g/mol. The molecule has 1 aromatic heterocycles. The predicted octanol–water partition coefficient (Wildman–Crippen LogP) is 1.83. The second kappa shape index (κ2) is 7.66. The van der Waals surface area contributed by atoms with Crippen LogP contribution in [0.3, 0.4) is 0 Å². The number of benzene rings is 1. The fourth-order valence-corrected chi connectivity index (χ4v) is 4.36. The quantitative estimate of drug-likeness (QED) is 0.856. The first-order chi connectivity index (χ1) is 13.5. The molecule has 2 heterocycles. The first-order valence-electron chi connectivity index (χ1n) is 9.79. The van der Waals surface area contributed by atoms with Crippen LogP contribution in [0, 0.1) is 5.92 Å². The zero-order chi connectivity index (χ0) is 19.7. The van der Waals surface area contributed by atoms with Gasteiger partial charge in [0.05, 0.1) is 19.3 Å². The number of aryl methyl sites for hydroxylation is 1. The van der Waals surface area contributed by atoms with E-state index in [9.17, 15) is 9.59 Å². The topological polar surface area (TPSA) is 76.5 Å². The summed E-state index contributed by atoms with van der Waals surface area (Å²) in [6.07, 6.45) is 4.18. The standard InChI is InChI=1S/C21H26N4O3/c1-14(26)22-8-9-25-12-17-7-6-16-11-24(13-19(16)20(17)23-25)21(27)15-4-3-5-18(10-15)28-2/h3-5,10,12,16,19H,6-9,11,13H2,1-2H3,(H,22,26)/t16-,19+/m1/s1. The fourth-order valence-electron chi connectivity index (χ4n) is 4.36. The molecule has 7 nitrogen and oxygen atoms in total. The highest BCUT2D eigenvalue weighted by Crippen LogP contribution is 2.41. The summed E-state index contributed by atoms with van der Waals surface area (Å²) in [5.74, 6) is 1.48. The summed E-state index contributed by atoms with van der Waals surface area (Å²) < 4.78 is 7.17. The van der Waals surface area contributed by atoms with E-state index < -0.39 is 0 Å². The van der Waals surface area contributed by atoms with Gasteiger partial charge in [-0.15, -0.1) is 0 Å². The van der Waals surface area contributed by atoms with E-state index in [-0.39, 0.29) is 11.8 Å². The number of fused-ring (bicyclic) bond motifs is 3. The maximum Gasteiger partial charge on any atom is 0.254 e. The highest BCUT2D eigenvalue weighted by Gasteiger charge is 2.41. The molecule has 28 heavy (non-hydrogen) atoms. The number of likely N-dealkylation sites (tertiary alicyclic amines) is 1. The molecule has 1 aliphatic carbocycles. The zero-order valence-electron chi connectivity index (χ0n) is 16.4. The van der Waals surface area contributed by atoms with Crippen LogP contribution in [0.4, 0.5) is 0 Å². The van der Waals surface area contributed by atoms with Gasteiger partial charge in [0.1, 0.15) is 5.75 Å². The highest BCUT2D eigenvalue weighted by molar-refractivity contribution is 5.94. The molecule has 1 aromatic carbocycles. The van der Waals surface area contributed by atoms with Gasteiger partial charge < -0.3 is 15.0 Å². The Morgan fingerprint density at radius 1 is 1.32 bits per heavy atom. The Morgan fingerprint density at radius 2 is 2.18 bits per heavy atom. The average Bonchev–Trinajstić information content (AvgIpc) is 3.30. The predicted molar refractivity (Wildman–Crippen MR) is 104 cm³/mol. The van der Waals surface area contributed by atoms with Crippen molar-refractivity contribution in [1.82, 2.24) is 20.0 Å². The molecule has 1 N–H and O–H groups in total. The van der Waals surface area contributed by atoms with E-state index in [1.165, 1.54) is 12.5 Å². The van der Waals surface area contributed by atoms with Gasteiger partial charge in [0.2, 0.25) is 5.91 Å². The van der Waals surface area contributed by atoms with Gasteiger partial charge >= 0.3 is 0 Å². The van der Waals surface area contributed by atoms with Crippen LogP contribution in [0.15, 0.2) is 30.5 Å². The molecule has 1 aliphatic heterocycles. The Bertz CT molecular complexity index is 892. The fraction of sp³-hybridized carbons (Fsp3) is 0.476. The Morgan fingerprint density at radius 3 is 2.96 bits per heavy atom. The number of ether oxygens (including phenoxy) is 1. The van der Waals surface area contributed by atoms with Crippen molar-refractivity contribution in [1.29, 1.82) is 0 Å². The molecule has 0 unspecified atom stereocenters. The molecule has 1 saturated heterocycles. The van der Waals surface area contributed by atoms with Crippen molar-refractivity contribution in [3.05, 3.63) is 47.3 Å². The third kappa shape index (κ3) is 3.61. The van der Waals surface area contributed by atoms with Gasteiger partial charge in [-0.25, -0.2) is 0 Å². The number of nitrogens with zero attached hydrogens (tertiary/aromatic N) is 3. The van der Waals surface area contributed by atoms with Crippen LogP contribution in [0.2, 0.25) is 0 Å². The van der Waals surface area contributed by atoms with Gasteiger partial charge in [-0.2, -0.15) is 5.10 Å². The van der Waals surface area contributed by atoms with Crippen molar-refractivity contribution in [3.63, 3.8) is 0 Å². The summed E-state index contributed by atoms with van der Waals surface area (Å²) in [6, 6.07) is 7.34. The molecule has 4 rings (SSSR count). The van der Waals surface area contributed by atoms with Crippen LogP contribution < -0.4 is 10.1 Å². The molecule has 0 radical (unpaired) electrons. The van der Waals surface area contributed by atoms with E-state index in [0.29, 0.717) is 42.8 Å². The SMILES string of the molecule is COc1cccc(C(=O)N2C[C@H]3CCc4cn(CCNC(C)=O)nc4[C@H]3C2)c1. The summed E-state index contributed by atoms with van der Waals surface area (Å²) in [7, 11) is 1.61. The number of hydrogen-bond acceptors (Lipinski definition) is 4. The molecule has 2 aromatic rings. The van der Waals surface area contributed by atoms with Crippen molar-refractivity contribution >= 4 is 11.8 Å². The van der Waals surface area contributed by atoms with Crippen molar-refractivity contribution in [3.8, 4) is 5.75 Å². The van der Waals surface area contributed by atoms with E-state index >= 15 is 0 Å². The molecular formula is C21H26N4O3. The van der Waals surface area contributed by atoms with Gasteiger partial charge in [0.25, 0.3) is 5.91 Å². The van der Waals surface area contributed by atoms with Crippen LogP contribution in [-0.4, -0.2) is 53.2 Å². The normalized spacial score (nSPS) is 20.4. The number of nitrogens with one attached hydrogen (secondary N) is 1. The molecule has 7 heteroatoms. The lowest BCUT2D eigenvalue weighted by molar-refractivity contribution is -0.118. The Kier molecular flexibility index (Phi) is 5.07. The monoisotopic (exact) mass is 382 g/mol. The second-order valence-electron chi connectivity index (χ2n) is 7.63. The second-order valence-corrected chi connectivity index (χ2v) is 7.63. The molecule has 0 bridgehead atoms. The molecule has 0 spiro atoms. The minimum atomic E-state index is -0.0283. The van der Waals surface area contributed by atoms with Gasteiger partial charge in [0, 0.05) is 44.2 Å². The number of hydrogen-bond donors (Lipinski definition) is 1. The maximum atomic E-state index is 13.0. The number of carbonyl (C=O) groups excluding carboxylic acids is 2. The van der Waals surface area contributed by atoms with Crippen molar-refractivity contribution in [2.45, 2.75) is 32.2 Å². The van der Waals surface area contributed by atoms with Crippen LogP contribution in [-0.2, 0) is 17.8 Å². The lowest BCUT2D eigenvalue weighted by atomic mass is 9.81. The minimum absolute atomic E-state index is 0.0283. The van der Waals surface area contributed by atoms with Gasteiger partial charge in [-0.05, 0) is 42.5 Å². The van der Waals surface area contributed by atoms with E-state index in [1.54, 1.807) is 13.2 Å². The summed E-state index contributed by atoms with van der Waals surface area (Å²) in [5, 5.41) is 7.60. The van der Waals surface area contributed by atoms with Crippen LogP contribution >= 0.6 is 0 Å². The van der Waals surface area contributed by atoms with Gasteiger partial charge in [-0.3, -0.25) is 14.3 Å². The van der Waals surface area contributed by atoms with Crippen LogP contribution in [0.1, 0.15) is 40.9 Å². The first kappa shape index (κ1) is 18.5. The third-order valence-electron chi connectivity index (χ3n) is 5.77. The lowest BCUT2D eigenvalue weighted by Gasteiger charge is -2.22. The summed E-state index contributed by atoms with van der Waals surface area (Å²) >= 11 is 0. The molecule has 2 atom stereocenters. The Hall–Kier alpha value is -2.83. The first-order valence-corrected chi connectivity index (χ1v) is 9.79. The Balaban J connectivity index is 1.47. The molecular weight excluding hydrogens is 356 g/mol.